The van der Waals surface area contributed by atoms with Crippen molar-refractivity contribution in [1.29, 1.82) is 0 Å². The number of piperidine rings is 1. The first kappa shape index (κ1) is 14.8. The maximum Gasteiger partial charge on any atom is 0.317 e. The lowest BCUT2D eigenvalue weighted by molar-refractivity contribution is -0.151. The van der Waals surface area contributed by atoms with Crippen LogP contribution in [0, 0.1) is 5.41 Å². The largest absolute Gasteiger partial charge is 0.481 e. The molecule has 2 N–H and O–H groups in total. The standard InChI is InChI=1S/C12H22N2O4/c1-3-12(10(15)16)4-7-14(8-5-12)11(17)13-6-9-18-2/h3-9H2,1-2H3,(H,13,17)(H,15,16). The summed E-state index contributed by atoms with van der Waals surface area (Å²) in [5, 5.41) is 12.0. The van der Waals surface area contributed by atoms with Crippen LogP contribution in [0.4, 0.5) is 4.79 Å². The number of amides is 2. The van der Waals surface area contributed by atoms with E-state index in [0.717, 1.165) is 0 Å². The van der Waals surface area contributed by atoms with E-state index in [4.69, 9.17) is 4.74 Å². The molecule has 1 aliphatic rings. The van der Waals surface area contributed by atoms with Gasteiger partial charge in [0.05, 0.1) is 12.0 Å². The highest BCUT2D eigenvalue weighted by molar-refractivity contribution is 5.77. The molecule has 0 aromatic rings. The van der Waals surface area contributed by atoms with Crippen molar-refractivity contribution < 1.29 is 19.4 Å². The Morgan fingerprint density at radius 3 is 2.44 bits per heavy atom. The minimum absolute atomic E-state index is 0.137. The lowest BCUT2D eigenvalue weighted by Gasteiger charge is -2.38. The summed E-state index contributed by atoms with van der Waals surface area (Å²) in [5.74, 6) is -0.746. The van der Waals surface area contributed by atoms with Crippen LogP contribution in [0.3, 0.4) is 0 Å². The van der Waals surface area contributed by atoms with Crippen molar-refractivity contribution in [3.05, 3.63) is 0 Å². The van der Waals surface area contributed by atoms with Gasteiger partial charge in [-0.2, -0.15) is 0 Å². The van der Waals surface area contributed by atoms with Gasteiger partial charge in [0.2, 0.25) is 0 Å². The SMILES string of the molecule is CCC1(C(=O)O)CCN(C(=O)NCCOC)CC1. The van der Waals surface area contributed by atoms with Crippen LogP contribution in [-0.2, 0) is 9.53 Å². The first-order valence-corrected chi connectivity index (χ1v) is 6.31. The molecule has 1 aliphatic heterocycles. The van der Waals surface area contributed by atoms with Crippen molar-refractivity contribution >= 4 is 12.0 Å². The number of carboxylic acid groups (broad SMARTS) is 1. The van der Waals surface area contributed by atoms with Gasteiger partial charge in [-0.25, -0.2) is 4.79 Å². The van der Waals surface area contributed by atoms with Gasteiger partial charge in [0, 0.05) is 26.7 Å². The second-order valence-corrected chi connectivity index (χ2v) is 4.65. The summed E-state index contributed by atoms with van der Waals surface area (Å²) < 4.78 is 4.85. The average Bonchev–Trinajstić information content (AvgIpc) is 2.38. The predicted octanol–water partition coefficient (Wildman–Crippen LogP) is 0.919. The van der Waals surface area contributed by atoms with Gasteiger partial charge in [-0.1, -0.05) is 6.92 Å². The third kappa shape index (κ3) is 3.35. The van der Waals surface area contributed by atoms with Crippen LogP contribution in [0.5, 0.6) is 0 Å². The topological polar surface area (TPSA) is 78.9 Å². The van der Waals surface area contributed by atoms with E-state index >= 15 is 0 Å². The van der Waals surface area contributed by atoms with Crippen LogP contribution >= 0.6 is 0 Å². The monoisotopic (exact) mass is 258 g/mol. The number of likely N-dealkylation sites (tertiary alicyclic amines) is 1. The molecule has 104 valence electrons. The highest BCUT2D eigenvalue weighted by atomic mass is 16.5. The molecule has 1 saturated heterocycles. The summed E-state index contributed by atoms with van der Waals surface area (Å²) >= 11 is 0. The van der Waals surface area contributed by atoms with Crippen LogP contribution in [0.15, 0.2) is 0 Å². The second-order valence-electron chi connectivity index (χ2n) is 4.65. The van der Waals surface area contributed by atoms with Crippen molar-refractivity contribution in [2.24, 2.45) is 5.41 Å². The number of methoxy groups -OCH3 is 1. The Bertz CT molecular complexity index is 298. The molecule has 0 unspecified atom stereocenters. The molecule has 0 aromatic heterocycles. The van der Waals surface area contributed by atoms with E-state index < -0.39 is 11.4 Å². The predicted molar refractivity (Wildman–Crippen MR) is 66.4 cm³/mol. The van der Waals surface area contributed by atoms with Crippen molar-refractivity contribution in [3.8, 4) is 0 Å². The number of hydrogen-bond acceptors (Lipinski definition) is 3. The van der Waals surface area contributed by atoms with Crippen molar-refractivity contribution in [3.63, 3.8) is 0 Å². The Morgan fingerprint density at radius 2 is 2.00 bits per heavy atom. The summed E-state index contributed by atoms with van der Waals surface area (Å²) in [5.41, 5.74) is -0.649. The lowest BCUT2D eigenvalue weighted by Crippen LogP contribution is -2.49. The molecule has 6 nitrogen and oxygen atoms in total. The van der Waals surface area contributed by atoms with Crippen molar-refractivity contribution in [2.75, 3.05) is 33.4 Å². The molecule has 0 aliphatic carbocycles. The number of hydrogen-bond donors (Lipinski definition) is 2. The smallest absolute Gasteiger partial charge is 0.317 e. The molecule has 2 amide bonds. The van der Waals surface area contributed by atoms with Crippen molar-refractivity contribution in [2.45, 2.75) is 26.2 Å². The summed E-state index contributed by atoms with van der Waals surface area (Å²) in [6.07, 6.45) is 1.66. The fourth-order valence-corrected chi connectivity index (χ4v) is 2.23. The summed E-state index contributed by atoms with van der Waals surface area (Å²) in [7, 11) is 1.58. The fourth-order valence-electron chi connectivity index (χ4n) is 2.23. The summed E-state index contributed by atoms with van der Waals surface area (Å²) in [6, 6.07) is -0.137. The number of ether oxygens (including phenoxy) is 1. The van der Waals surface area contributed by atoms with Crippen LogP contribution in [0.25, 0.3) is 0 Å². The quantitative estimate of drug-likeness (QED) is 0.719. The molecule has 1 heterocycles. The minimum atomic E-state index is -0.746. The van der Waals surface area contributed by atoms with Crippen molar-refractivity contribution in [1.82, 2.24) is 10.2 Å². The third-order valence-electron chi connectivity index (χ3n) is 3.72. The summed E-state index contributed by atoms with van der Waals surface area (Å²) in [6.45, 7) is 3.84. The molecular weight excluding hydrogens is 236 g/mol. The number of urea groups is 1. The second kappa shape index (κ2) is 6.58. The highest BCUT2D eigenvalue weighted by Gasteiger charge is 2.40. The zero-order chi connectivity index (χ0) is 13.6. The van der Waals surface area contributed by atoms with Gasteiger partial charge in [0.25, 0.3) is 0 Å². The van der Waals surface area contributed by atoms with Gasteiger partial charge in [-0.15, -0.1) is 0 Å². The molecule has 18 heavy (non-hydrogen) atoms. The van der Waals surface area contributed by atoms with E-state index in [0.29, 0.717) is 45.5 Å². The zero-order valence-electron chi connectivity index (χ0n) is 11.1. The molecule has 0 atom stereocenters. The molecular formula is C12H22N2O4. The Balaban J connectivity index is 2.43. The molecule has 0 saturated carbocycles. The van der Waals surface area contributed by atoms with Gasteiger partial charge in [0.15, 0.2) is 0 Å². The molecule has 0 aromatic carbocycles. The van der Waals surface area contributed by atoms with E-state index in [-0.39, 0.29) is 6.03 Å². The maximum absolute atomic E-state index is 11.8. The first-order valence-electron chi connectivity index (χ1n) is 6.31. The Morgan fingerprint density at radius 1 is 1.39 bits per heavy atom. The van der Waals surface area contributed by atoms with Crippen LogP contribution in [0.1, 0.15) is 26.2 Å². The first-order chi connectivity index (χ1) is 8.55. The van der Waals surface area contributed by atoms with E-state index in [1.807, 2.05) is 6.92 Å². The Kier molecular flexibility index (Phi) is 5.40. The third-order valence-corrected chi connectivity index (χ3v) is 3.72. The molecule has 0 spiro atoms. The van der Waals surface area contributed by atoms with E-state index in [1.54, 1.807) is 12.0 Å². The van der Waals surface area contributed by atoms with Gasteiger partial charge < -0.3 is 20.1 Å². The molecule has 1 fully saturated rings. The van der Waals surface area contributed by atoms with Gasteiger partial charge in [0.1, 0.15) is 0 Å². The zero-order valence-corrected chi connectivity index (χ0v) is 11.1. The molecule has 0 radical (unpaired) electrons. The molecule has 0 bridgehead atoms. The van der Waals surface area contributed by atoms with Gasteiger partial charge in [-0.3, -0.25) is 4.79 Å². The van der Waals surface area contributed by atoms with E-state index in [2.05, 4.69) is 5.32 Å². The van der Waals surface area contributed by atoms with Crippen LogP contribution in [-0.4, -0.2) is 55.4 Å². The normalized spacial score (nSPS) is 18.4. The number of rotatable bonds is 5. The number of nitrogens with one attached hydrogen (secondary N) is 1. The van der Waals surface area contributed by atoms with Crippen LogP contribution in [0.2, 0.25) is 0 Å². The lowest BCUT2D eigenvalue weighted by atomic mass is 9.76. The summed E-state index contributed by atoms with van der Waals surface area (Å²) in [4.78, 5) is 24.7. The fraction of sp³-hybridized carbons (Fsp3) is 0.833. The highest BCUT2D eigenvalue weighted by Crippen LogP contribution is 2.34. The van der Waals surface area contributed by atoms with E-state index in [9.17, 15) is 14.7 Å². The minimum Gasteiger partial charge on any atom is -0.481 e. The number of carboxylic acids is 1. The number of carbonyl (C=O) groups excluding carboxylic acids is 1. The average molecular weight is 258 g/mol. The Hall–Kier alpha value is -1.30. The Labute approximate surface area is 107 Å². The molecule has 6 heteroatoms. The molecule has 1 rings (SSSR count). The van der Waals surface area contributed by atoms with Gasteiger partial charge >= 0.3 is 12.0 Å². The van der Waals surface area contributed by atoms with Crippen LogP contribution < -0.4 is 5.32 Å². The maximum atomic E-state index is 11.8. The van der Waals surface area contributed by atoms with Gasteiger partial charge in [-0.05, 0) is 19.3 Å². The van der Waals surface area contributed by atoms with E-state index in [1.165, 1.54) is 0 Å². The number of aliphatic carboxylic acids is 1. The number of carbonyl (C=O) groups is 2. The number of nitrogens with zero attached hydrogens (tertiary/aromatic N) is 1.